The third-order valence-corrected chi connectivity index (χ3v) is 3.62. The number of nitrogens with zero attached hydrogens (tertiary/aromatic N) is 1. The highest BCUT2D eigenvalue weighted by Crippen LogP contribution is 2.25. The molecular weight excluding hydrogens is 252 g/mol. The van der Waals surface area contributed by atoms with Crippen molar-refractivity contribution in [1.82, 2.24) is 4.98 Å². The van der Waals surface area contributed by atoms with Gasteiger partial charge in [-0.1, -0.05) is 25.7 Å². The van der Waals surface area contributed by atoms with Crippen LogP contribution in [-0.4, -0.2) is 11.0 Å². The molecule has 1 N–H and O–H groups in total. The molecule has 1 heterocycles. The first-order valence-corrected chi connectivity index (χ1v) is 6.51. The monoisotopic (exact) mass is 268 g/mol. The van der Waals surface area contributed by atoms with Gasteiger partial charge in [-0.2, -0.15) is 0 Å². The van der Waals surface area contributed by atoms with Crippen LogP contribution in [0.3, 0.4) is 0 Å². The van der Waals surface area contributed by atoms with Crippen molar-refractivity contribution in [2.45, 2.75) is 44.6 Å². The average molecular weight is 269 g/mol. The van der Waals surface area contributed by atoms with Gasteiger partial charge in [0.05, 0.1) is 10.2 Å². The second-order valence-corrected chi connectivity index (χ2v) is 5.04. The van der Waals surface area contributed by atoms with Crippen LogP contribution in [0.5, 0.6) is 0 Å². The molecule has 1 aromatic rings. The van der Waals surface area contributed by atoms with Gasteiger partial charge in [0.1, 0.15) is 0 Å². The summed E-state index contributed by atoms with van der Waals surface area (Å²) in [5.41, 5.74) is 1.18. The first kappa shape index (κ1) is 10.9. The normalized spacial score (nSPS) is 18.5. The highest BCUT2D eigenvalue weighted by Gasteiger charge is 2.12. The molecule has 82 valence electrons. The average Bonchev–Trinajstić information content (AvgIpc) is 2.50. The number of rotatable bonds is 2. The lowest BCUT2D eigenvalue weighted by atomic mass is 10.1. The van der Waals surface area contributed by atoms with E-state index in [1.807, 2.05) is 18.5 Å². The number of hydrogen-bond donors (Lipinski definition) is 1. The molecule has 3 heteroatoms. The zero-order chi connectivity index (χ0) is 10.5. The van der Waals surface area contributed by atoms with E-state index in [4.69, 9.17) is 0 Å². The summed E-state index contributed by atoms with van der Waals surface area (Å²) in [7, 11) is 0. The molecule has 1 aromatic heterocycles. The number of halogens is 1. The van der Waals surface area contributed by atoms with E-state index in [1.165, 1.54) is 44.2 Å². The Labute approximate surface area is 99.6 Å². The molecule has 0 atom stereocenters. The lowest BCUT2D eigenvalue weighted by molar-refractivity contribution is 0.619. The summed E-state index contributed by atoms with van der Waals surface area (Å²) in [6.45, 7) is 0. The molecule has 0 saturated heterocycles. The van der Waals surface area contributed by atoms with Gasteiger partial charge in [0.2, 0.25) is 0 Å². The number of aromatic nitrogens is 1. The minimum atomic E-state index is 0.645. The maximum Gasteiger partial charge on any atom is 0.0590 e. The predicted molar refractivity (Wildman–Crippen MR) is 67.0 cm³/mol. The van der Waals surface area contributed by atoms with E-state index in [0.29, 0.717) is 6.04 Å². The maximum absolute atomic E-state index is 4.07. The highest BCUT2D eigenvalue weighted by atomic mass is 79.9. The van der Waals surface area contributed by atoms with Gasteiger partial charge in [0.15, 0.2) is 0 Å². The summed E-state index contributed by atoms with van der Waals surface area (Å²) in [5.74, 6) is 0. The van der Waals surface area contributed by atoms with Gasteiger partial charge in [0.25, 0.3) is 0 Å². The standard InChI is InChI=1S/C12H17BrN2/c13-11-9-14-8-7-12(11)15-10-5-3-1-2-4-6-10/h7-10H,1-6H2,(H,14,15). The molecule has 0 aliphatic heterocycles. The molecule has 0 radical (unpaired) electrons. The molecule has 0 aromatic carbocycles. The van der Waals surface area contributed by atoms with Crippen molar-refractivity contribution >= 4 is 21.6 Å². The first-order chi connectivity index (χ1) is 7.36. The molecule has 2 nitrogen and oxygen atoms in total. The quantitative estimate of drug-likeness (QED) is 0.821. The molecule has 15 heavy (non-hydrogen) atoms. The molecular formula is C12H17BrN2. The fourth-order valence-corrected chi connectivity index (χ4v) is 2.50. The van der Waals surface area contributed by atoms with Crippen LogP contribution < -0.4 is 5.32 Å². The van der Waals surface area contributed by atoms with E-state index in [1.54, 1.807) is 0 Å². The Morgan fingerprint density at radius 2 is 1.93 bits per heavy atom. The van der Waals surface area contributed by atoms with E-state index in [2.05, 4.69) is 26.2 Å². The summed E-state index contributed by atoms with van der Waals surface area (Å²) in [5, 5.41) is 3.60. The number of nitrogens with one attached hydrogen (secondary N) is 1. The third-order valence-electron chi connectivity index (χ3n) is 2.99. The van der Waals surface area contributed by atoms with Gasteiger partial charge in [0, 0.05) is 18.4 Å². The fraction of sp³-hybridized carbons (Fsp3) is 0.583. The molecule has 2 rings (SSSR count). The summed E-state index contributed by atoms with van der Waals surface area (Å²) >= 11 is 3.52. The summed E-state index contributed by atoms with van der Waals surface area (Å²) in [6.07, 6.45) is 11.8. The maximum atomic E-state index is 4.07. The number of anilines is 1. The van der Waals surface area contributed by atoms with Gasteiger partial charge in [-0.05, 0) is 34.8 Å². The van der Waals surface area contributed by atoms with E-state index < -0.39 is 0 Å². The zero-order valence-corrected chi connectivity index (χ0v) is 10.5. The minimum Gasteiger partial charge on any atom is -0.381 e. The van der Waals surface area contributed by atoms with Crippen molar-refractivity contribution in [3.05, 3.63) is 22.9 Å². The Morgan fingerprint density at radius 3 is 2.60 bits per heavy atom. The van der Waals surface area contributed by atoms with Crippen molar-refractivity contribution in [3.8, 4) is 0 Å². The van der Waals surface area contributed by atoms with Crippen LogP contribution in [0, 0.1) is 0 Å². The van der Waals surface area contributed by atoms with E-state index in [9.17, 15) is 0 Å². The Bertz CT molecular complexity index is 306. The Hall–Kier alpha value is -0.570. The lowest BCUT2D eigenvalue weighted by Crippen LogP contribution is -2.18. The molecule has 0 bridgehead atoms. The van der Waals surface area contributed by atoms with Gasteiger partial charge in [-0.3, -0.25) is 4.98 Å². The van der Waals surface area contributed by atoms with Gasteiger partial charge < -0.3 is 5.32 Å². The SMILES string of the molecule is Brc1cnccc1NC1CCCCCC1. The molecule has 1 aliphatic rings. The Balaban J connectivity index is 1.98. The Morgan fingerprint density at radius 1 is 1.20 bits per heavy atom. The summed E-state index contributed by atoms with van der Waals surface area (Å²) in [4.78, 5) is 4.07. The van der Waals surface area contributed by atoms with Crippen molar-refractivity contribution in [1.29, 1.82) is 0 Å². The second kappa shape index (κ2) is 5.50. The number of hydrogen-bond acceptors (Lipinski definition) is 2. The smallest absolute Gasteiger partial charge is 0.0590 e. The Kier molecular flexibility index (Phi) is 4.01. The van der Waals surface area contributed by atoms with Crippen LogP contribution in [-0.2, 0) is 0 Å². The summed E-state index contributed by atoms with van der Waals surface area (Å²) in [6, 6.07) is 2.68. The van der Waals surface area contributed by atoms with E-state index >= 15 is 0 Å². The van der Waals surface area contributed by atoms with Crippen LogP contribution in [0.25, 0.3) is 0 Å². The second-order valence-electron chi connectivity index (χ2n) is 4.19. The van der Waals surface area contributed by atoms with Crippen LogP contribution >= 0.6 is 15.9 Å². The van der Waals surface area contributed by atoms with Crippen LogP contribution in [0.4, 0.5) is 5.69 Å². The van der Waals surface area contributed by atoms with Crippen LogP contribution in [0.15, 0.2) is 22.9 Å². The molecule has 1 saturated carbocycles. The third kappa shape index (κ3) is 3.20. The molecule has 0 amide bonds. The predicted octanol–water partition coefficient (Wildman–Crippen LogP) is 3.98. The van der Waals surface area contributed by atoms with Gasteiger partial charge in [-0.15, -0.1) is 0 Å². The van der Waals surface area contributed by atoms with Crippen molar-refractivity contribution in [3.63, 3.8) is 0 Å². The van der Waals surface area contributed by atoms with Crippen LogP contribution in [0.2, 0.25) is 0 Å². The fourth-order valence-electron chi connectivity index (χ4n) is 2.14. The number of pyridine rings is 1. The van der Waals surface area contributed by atoms with Crippen molar-refractivity contribution < 1.29 is 0 Å². The molecule has 0 spiro atoms. The van der Waals surface area contributed by atoms with Gasteiger partial charge in [-0.25, -0.2) is 0 Å². The molecule has 0 unspecified atom stereocenters. The summed E-state index contributed by atoms with van der Waals surface area (Å²) < 4.78 is 1.06. The highest BCUT2D eigenvalue weighted by molar-refractivity contribution is 9.10. The molecule has 1 aliphatic carbocycles. The zero-order valence-electron chi connectivity index (χ0n) is 8.88. The van der Waals surface area contributed by atoms with Gasteiger partial charge >= 0.3 is 0 Å². The first-order valence-electron chi connectivity index (χ1n) is 5.72. The van der Waals surface area contributed by atoms with E-state index in [0.717, 1.165) is 4.47 Å². The lowest BCUT2D eigenvalue weighted by Gasteiger charge is -2.18. The molecule has 1 fully saturated rings. The minimum absolute atomic E-state index is 0.645. The topological polar surface area (TPSA) is 24.9 Å². The largest absolute Gasteiger partial charge is 0.381 e. The van der Waals surface area contributed by atoms with Crippen molar-refractivity contribution in [2.75, 3.05) is 5.32 Å². The van der Waals surface area contributed by atoms with Crippen molar-refractivity contribution in [2.24, 2.45) is 0 Å². The van der Waals surface area contributed by atoms with Crippen LogP contribution in [0.1, 0.15) is 38.5 Å². The van der Waals surface area contributed by atoms with E-state index in [-0.39, 0.29) is 0 Å².